The van der Waals surface area contributed by atoms with Gasteiger partial charge in [-0.1, -0.05) is 35.9 Å². The number of benzene rings is 1. The van der Waals surface area contributed by atoms with Crippen molar-refractivity contribution in [3.63, 3.8) is 0 Å². The summed E-state index contributed by atoms with van der Waals surface area (Å²) in [7, 11) is 0. The van der Waals surface area contributed by atoms with E-state index in [1.165, 1.54) is 22.2 Å². The summed E-state index contributed by atoms with van der Waals surface area (Å²) in [5, 5.41) is 8.57. The van der Waals surface area contributed by atoms with Crippen molar-refractivity contribution >= 4 is 34.9 Å². The van der Waals surface area contributed by atoms with E-state index in [1.807, 2.05) is 42.5 Å². The second-order valence-corrected chi connectivity index (χ2v) is 7.24. The van der Waals surface area contributed by atoms with E-state index >= 15 is 0 Å². The number of thiophene rings is 1. The Morgan fingerprint density at radius 1 is 1.27 bits per heavy atom. The standard InChI is InChI=1S/C19H17ClN4OS/c1-2-12-23(14-17-9-10-18(20)26-17)19(25)11-8-15-13-21-24(22-15)16-6-4-3-5-7-16/h2-11,13H,1,12,14H2. The molecule has 0 aliphatic heterocycles. The number of halogens is 1. The maximum absolute atomic E-state index is 12.5. The van der Waals surface area contributed by atoms with Crippen molar-refractivity contribution in [3.8, 4) is 5.69 Å². The maximum Gasteiger partial charge on any atom is 0.247 e. The molecule has 3 aromatic rings. The number of para-hydroxylation sites is 1. The molecule has 0 unspecified atom stereocenters. The molecule has 3 rings (SSSR count). The van der Waals surface area contributed by atoms with Gasteiger partial charge in [-0.3, -0.25) is 4.79 Å². The summed E-state index contributed by atoms with van der Waals surface area (Å²) >= 11 is 7.42. The van der Waals surface area contributed by atoms with Gasteiger partial charge in [0.05, 0.1) is 22.8 Å². The van der Waals surface area contributed by atoms with Gasteiger partial charge in [-0.15, -0.1) is 23.0 Å². The Labute approximate surface area is 160 Å². The van der Waals surface area contributed by atoms with Gasteiger partial charge in [0.25, 0.3) is 0 Å². The quantitative estimate of drug-likeness (QED) is 0.453. The van der Waals surface area contributed by atoms with Crippen molar-refractivity contribution in [2.75, 3.05) is 6.54 Å². The van der Waals surface area contributed by atoms with Crippen LogP contribution in [0.25, 0.3) is 11.8 Å². The number of amides is 1. The van der Waals surface area contributed by atoms with Crippen molar-refractivity contribution in [1.82, 2.24) is 19.9 Å². The molecule has 0 saturated carbocycles. The van der Waals surface area contributed by atoms with Crippen molar-refractivity contribution in [2.24, 2.45) is 0 Å². The van der Waals surface area contributed by atoms with Crippen LogP contribution in [-0.4, -0.2) is 32.3 Å². The third kappa shape index (κ3) is 4.68. The zero-order valence-electron chi connectivity index (χ0n) is 14.0. The summed E-state index contributed by atoms with van der Waals surface area (Å²) in [6.45, 7) is 4.66. The maximum atomic E-state index is 12.5. The van der Waals surface area contributed by atoms with Crippen molar-refractivity contribution < 1.29 is 4.79 Å². The molecule has 0 radical (unpaired) electrons. The minimum atomic E-state index is -0.122. The van der Waals surface area contributed by atoms with Gasteiger partial charge in [0.15, 0.2) is 0 Å². The summed E-state index contributed by atoms with van der Waals surface area (Å²) in [5.74, 6) is -0.122. The monoisotopic (exact) mass is 384 g/mol. The summed E-state index contributed by atoms with van der Waals surface area (Å²) in [5.41, 5.74) is 1.47. The van der Waals surface area contributed by atoms with Crippen LogP contribution in [0.5, 0.6) is 0 Å². The highest BCUT2D eigenvalue weighted by Crippen LogP contribution is 2.22. The molecule has 132 valence electrons. The van der Waals surface area contributed by atoms with E-state index in [9.17, 15) is 4.79 Å². The lowest BCUT2D eigenvalue weighted by atomic mass is 10.3. The summed E-state index contributed by atoms with van der Waals surface area (Å²) < 4.78 is 0.707. The normalized spacial score (nSPS) is 11.0. The fourth-order valence-electron chi connectivity index (χ4n) is 2.31. The minimum absolute atomic E-state index is 0.122. The van der Waals surface area contributed by atoms with Crippen molar-refractivity contribution in [3.05, 3.63) is 82.3 Å². The molecule has 0 aliphatic rings. The summed E-state index contributed by atoms with van der Waals surface area (Å²) in [4.78, 5) is 16.7. The molecule has 2 aromatic heterocycles. The molecule has 26 heavy (non-hydrogen) atoms. The molecule has 0 aliphatic carbocycles. The van der Waals surface area contributed by atoms with E-state index in [1.54, 1.807) is 23.2 Å². The van der Waals surface area contributed by atoms with Crippen LogP contribution in [0.2, 0.25) is 4.34 Å². The van der Waals surface area contributed by atoms with Gasteiger partial charge in [0, 0.05) is 17.5 Å². The molecule has 0 N–H and O–H groups in total. The van der Waals surface area contributed by atoms with Crippen LogP contribution >= 0.6 is 22.9 Å². The second kappa shape index (κ2) is 8.60. The number of carbonyl (C=O) groups is 1. The molecule has 0 bridgehead atoms. The molecular weight excluding hydrogens is 368 g/mol. The zero-order valence-corrected chi connectivity index (χ0v) is 15.5. The average Bonchev–Trinajstić information content (AvgIpc) is 3.29. The number of carbonyl (C=O) groups excluding carboxylic acids is 1. The van der Waals surface area contributed by atoms with Crippen LogP contribution in [0.1, 0.15) is 10.6 Å². The Morgan fingerprint density at radius 3 is 2.77 bits per heavy atom. The molecule has 0 saturated heterocycles. The molecule has 0 atom stereocenters. The molecule has 1 amide bonds. The van der Waals surface area contributed by atoms with E-state index in [0.29, 0.717) is 23.1 Å². The second-order valence-electron chi connectivity index (χ2n) is 5.44. The summed E-state index contributed by atoms with van der Waals surface area (Å²) in [6.07, 6.45) is 6.48. The lowest BCUT2D eigenvalue weighted by Gasteiger charge is -2.18. The van der Waals surface area contributed by atoms with Gasteiger partial charge in [0.2, 0.25) is 5.91 Å². The van der Waals surface area contributed by atoms with Crippen LogP contribution in [-0.2, 0) is 11.3 Å². The first-order valence-electron chi connectivity index (χ1n) is 7.95. The molecule has 1 aromatic carbocycles. The number of hydrogen-bond donors (Lipinski definition) is 0. The van der Waals surface area contributed by atoms with Crippen LogP contribution in [0.4, 0.5) is 0 Å². The third-order valence-electron chi connectivity index (χ3n) is 3.53. The van der Waals surface area contributed by atoms with Crippen LogP contribution in [0, 0.1) is 0 Å². The Balaban J connectivity index is 1.68. The Kier molecular flexibility index (Phi) is 5.99. The van der Waals surface area contributed by atoms with Crippen LogP contribution < -0.4 is 0 Å². The van der Waals surface area contributed by atoms with Gasteiger partial charge in [-0.2, -0.15) is 9.90 Å². The Hall–Kier alpha value is -2.70. The van der Waals surface area contributed by atoms with Gasteiger partial charge in [-0.05, 0) is 30.3 Å². The molecular formula is C19H17ClN4OS. The van der Waals surface area contributed by atoms with E-state index in [0.717, 1.165) is 10.6 Å². The highest BCUT2D eigenvalue weighted by atomic mass is 35.5. The minimum Gasteiger partial charge on any atom is -0.330 e. The fraction of sp³-hybridized carbons (Fsp3) is 0.105. The zero-order chi connectivity index (χ0) is 18.4. The van der Waals surface area contributed by atoms with E-state index in [-0.39, 0.29) is 5.91 Å². The Bertz CT molecular complexity index is 917. The topological polar surface area (TPSA) is 51.0 Å². The largest absolute Gasteiger partial charge is 0.330 e. The average molecular weight is 385 g/mol. The van der Waals surface area contributed by atoms with E-state index < -0.39 is 0 Å². The highest BCUT2D eigenvalue weighted by molar-refractivity contribution is 7.16. The number of hydrogen-bond acceptors (Lipinski definition) is 4. The lowest BCUT2D eigenvalue weighted by molar-refractivity contribution is -0.126. The van der Waals surface area contributed by atoms with Gasteiger partial charge in [0.1, 0.15) is 5.69 Å². The van der Waals surface area contributed by atoms with Crippen LogP contribution in [0.15, 0.2) is 67.4 Å². The van der Waals surface area contributed by atoms with Crippen molar-refractivity contribution in [2.45, 2.75) is 6.54 Å². The van der Waals surface area contributed by atoms with Gasteiger partial charge >= 0.3 is 0 Å². The van der Waals surface area contributed by atoms with Crippen molar-refractivity contribution in [1.29, 1.82) is 0 Å². The number of nitrogens with zero attached hydrogens (tertiary/aromatic N) is 4. The predicted molar refractivity (Wildman–Crippen MR) is 105 cm³/mol. The SMILES string of the molecule is C=CCN(Cc1ccc(Cl)s1)C(=O)C=Cc1cnn(-c2ccccc2)n1. The molecule has 2 heterocycles. The Morgan fingerprint density at radius 2 is 2.08 bits per heavy atom. The van der Waals surface area contributed by atoms with E-state index in [4.69, 9.17) is 11.6 Å². The first-order valence-corrected chi connectivity index (χ1v) is 9.15. The highest BCUT2D eigenvalue weighted by Gasteiger charge is 2.11. The number of rotatable bonds is 7. The first-order chi connectivity index (χ1) is 12.7. The van der Waals surface area contributed by atoms with Crippen LogP contribution in [0.3, 0.4) is 0 Å². The first kappa shape index (κ1) is 18.1. The fourth-order valence-corrected chi connectivity index (χ4v) is 3.42. The molecule has 0 spiro atoms. The third-order valence-corrected chi connectivity index (χ3v) is 4.75. The lowest BCUT2D eigenvalue weighted by Crippen LogP contribution is -2.28. The van der Waals surface area contributed by atoms with Gasteiger partial charge in [-0.25, -0.2) is 0 Å². The smallest absolute Gasteiger partial charge is 0.247 e. The molecule has 7 heteroatoms. The molecule has 5 nitrogen and oxygen atoms in total. The number of aromatic nitrogens is 3. The van der Waals surface area contributed by atoms with E-state index in [2.05, 4.69) is 16.8 Å². The molecule has 0 fully saturated rings. The summed E-state index contributed by atoms with van der Waals surface area (Å²) in [6, 6.07) is 13.3. The van der Waals surface area contributed by atoms with Gasteiger partial charge < -0.3 is 4.90 Å². The predicted octanol–water partition coefficient (Wildman–Crippen LogP) is 4.21.